The highest BCUT2D eigenvalue weighted by Crippen LogP contribution is 2.33. The lowest BCUT2D eigenvalue weighted by Crippen LogP contribution is -2.40. The van der Waals surface area contributed by atoms with Gasteiger partial charge in [-0.2, -0.15) is 0 Å². The third kappa shape index (κ3) is 4.67. The van der Waals surface area contributed by atoms with Crippen molar-refractivity contribution in [2.24, 2.45) is 0 Å². The molecule has 3 aromatic carbocycles. The number of nitrogens with one attached hydrogen (secondary N) is 1. The number of amides is 2. The molecule has 5 rings (SSSR count). The Morgan fingerprint density at radius 2 is 1.74 bits per heavy atom. The minimum atomic E-state index is -0.334. The van der Waals surface area contributed by atoms with Crippen LogP contribution >= 0.6 is 11.8 Å². The normalized spacial score (nSPS) is 15.3. The van der Waals surface area contributed by atoms with Gasteiger partial charge in [0.2, 0.25) is 11.8 Å². The molecule has 9 heteroatoms. The quantitative estimate of drug-likeness (QED) is 0.404. The molecule has 0 saturated carbocycles. The van der Waals surface area contributed by atoms with Gasteiger partial charge >= 0.3 is 0 Å². The fourth-order valence-electron chi connectivity index (χ4n) is 4.12. The second-order valence-electron chi connectivity index (χ2n) is 8.15. The van der Waals surface area contributed by atoms with Crippen LogP contribution in [-0.4, -0.2) is 38.4 Å². The first-order chi connectivity index (χ1) is 17.0. The van der Waals surface area contributed by atoms with E-state index in [1.807, 2.05) is 60.0 Å². The van der Waals surface area contributed by atoms with Crippen molar-refractivity contribution in [3.05, 3.63) is 84.7 Å². The summed E-state index contributed by atoms with van der Waals surface area (Å²) in [5, 5.41) is 12.1. The van der Waals surface area contributed by atoms with Crippen LogP contribution in [0.5, 0.6) is 0 Å². The molecule has 1 atom stereocenters. The number of thioether (sulfide) groups is 1. The average Bonchev–Trinajstić information content (AvgIpc) is 3.23. The van der Waals surface area contributed by atoms with E-state index in [1.165, 1.54) is 23.9 Å². The summed E-state index contributed by atoms with van der Waals surface area (Å²) in [7, 11) is 0. The van der Waals surface area contributed by atoms with Crippen molar-refractivity contribution >= 4 is 35.0 Å². The Bertz CT molecular complexity index is 1370. The molecule has 1 aliphatic rings. The Labute approximate surface area is 206 Å². The van der Waals surface area contributed by atoms with Gasteiger partial charge in [0.15, 0.2) is 11.0 Å². The summed E-state index contributed by atoms with van der Waals surface area (Å²) in [6.07, 6.45) is 0.208. The summed E-state index contributed by atoms with van der Waals surface area (Å²) in [5.41, 5.74) is 2.83. The van der Waals surface area contributed by atoms with E-state index in [0.717, 1.165) is 5.69 Å². The molecule has 0 unspecified atom stereocenters. The molecule has 0 spiro atoms. The van der Waals surface area contributed by atoms with Gasteiger partial charge in [-0.05, 0) is 55.5 Å². The van der Waals surface area contributed by atoms with Gasteiger partial charge in [-0.1, -0.05) is 42.1 Å². The van der Waals surface area contributed by atoms with Crippen LogP contribution in [0.4, 0.5) is 15.8 Å². The lowest BCUT2D eigenvalue weighted by molar-refractivity contribution is -0.117. The van der Waals surface area contributed by atoms with Crippen LogP contribution in [0.25, 0.3) is 17.1 Å². The van der Waals surface area contributed by atoms with Gasteiger partial charge in [0.1, 0.15) is 5.82 Å². The monoisotopic (exact) mass is 487 g/mol. The van der Waals surface area contributed by atoms with Gasteiger partial charge in [-0.3, -0.25) is 14.2 Å². The summed E-state index contributed by atoms with van der Waals surface area (Å²) in [4.78, 5) is 27.4. The summed E-state index contributed by atoms with van der Waals surface area (Å²) in [6.45, 7) is 1.86. The number of carbonyl (C=O) groups is 2. The lowest BCUT2D eigenvalue weighted by atomic mass is 10.2. The summed E-state index contributed by atoms with van der Waals surface area (Å²) in [6, 6.07) is 22.6. The molecule has 0 saturated heterocycles. The van der Waals surface area contributed by atoms with E-state index in [9.17, 15) is 14.0 Å². The van der Waals surface area contributed by atoms with E-state index in [1.54, 1.807) is 23.1 Å². The molecule has 7 nitrogen and oxygen atoms in total. The average molecular weight is 488 g/mol. The zero-order valence-electron chi connectivity index (χ0n) is 18.9. The van der Waals surface area contributed by atoms with Gasteiger partial charge in [0, 0.05) is 23.7 Å². The standard InChI is InChI=1S/C26H22FN5O2S/c1-17-15-23(33)28-21-9-5-6-10-22(21)31(17)24(34)16-35-26-30-29-25(18-11-13-19(27)14-12-18)32(26)20-7-3-2-4-8-20/h2-14,17H,15-16H2,1H3,(H,28,33)/t17-/m0/s1. The number of aromatic nitrogens is 3. The van der Waals surface area contributed by atoms with Crippen LogP contribution in [0.3, 0.4) is 0 Å². The molecule has 0 bridgehead atoms. The Kier molecular flexibility index (Phi) is 6.33. The number of fused-ring (bicyclic) bond motifs is 1. The second kappa shape index (κ2) is 9.71. The number of halogens is 1. The van der Waals surface area contributed by atoms with E-state index >= 15 is 0 Å². The molecule has 4 aromatic rings. The Hall–Kier alpha value is -3.98. The molecule has 176 valence electrons. The van der Waals surface area contributed by atoms with E-state index in [0.29, 0.717) is 27.9 Å². The Morgan fingerprint density at radius 1 is 1.03 bits per heavy atom. The molecular weight excluding hydrogens is 465 g/mol. The number of anilines is 2. The third-order valence-corrected chi connectivity index (χ3v) is 6.62. The first-order valence-electron chi connectivity index (χ1n) is 11.1. The topological polar surface area (TPSA) is 80.1 Å². The molecular formula is C26H22FN5O2S. The number of rotatable bonds is 5. The number of benzene rings is 3. The summed E-state index contributed by atoms with van der Waals surface area (Å²) in [5.74, 6) is 0.0494. The number of carbonyl (C=O) groups excluding carboxylic acids is 2. The SMILES string of the molecule is C[C@H]1CC(=O)Nc2ccccc2N1C(=O)CSc1nnc(-c2ccc(F)cc2)n1-c1ccccc1. The van der Waals surface area contributed by atoms with E-state index in [2.05, 4.69) is 15.5 Å². The second-order valence-corrected chi connectivity index (χ2v) is 9.10. The van der Waals surface area contributed by atoms with Crippen molar-refractivity contribution in [2.75, 3.05) is 16.0 Å². The van der Waals surface area contributed by atoms with Crippen molar-refractivity contribution in [2.45, 2.75) is 24.5 Å². The molecule has 2 amide bonds. The van der Waals surface area contributed by atoms with Gasteiger partial charge in [-0.15, -0.1) is 10.2 Å². The van der Waals surface area contributed by atoms with Crippen LogP contribution in [0.15, 0.2) is 84.0 Å². The van der Waals surface area contributed by atoms with Gasteiger partial charge < -0.3 is 10.2 Å². The van der Waals surface area contributed by atoms with Crippen LogP contribution in [0.1, 0.15) is 13.3 Å². The van der Waals surface area contributed by atoms with Crippen LogP contribution < -0.4 is 10.2 Å². The van der Waals surface area contributed by atoms with E-state index < -0.39 is 0 Å². The molecule has 1 N–H and O–H groups in total. The Balaban J connectivity index is 1.46. The molecule has 35 heavy (non-hydrogen) atoms. The first kappa shape index (κ1) is 22.8. The lowest BCUT2D eigenvalue weighted by Gasteiger charge is -2.27. The molecule has 0 fully saturated rings. The number of hydrogen-bond donors (Lipinski definition) is 1. The number of hydrogen-bond acceptors (Lipinski definition) is 5. The number of nitrogens with zero attached hydrogens (tertiary/aromatic N) is 4. The van der Waals surface area contributed by atoms with Gasteiger partial charge in [-0.25, -0.2) is 4.39 Å². The van der Waals surface area contributed by atoms with Crippen molar-refractivity contribution in [3.8, 4) is 17.1 Å². The highest BCUT2D eigenvalue weighted by Gasteiger charge is 2.30. The maximum absolute atomic E-state index is 13.5. The zero-order valence-corrected chi connectivity index (χ0v) is 19.7. The highest BCUT2D eigenvalue weighted by atomic mass is 32.2. The van der Waals surface area contributed by atoms with Crippen molar-refractivity contribution in [1.82, 2.24) is 14.8 Å². The number of para-hydroxylation sites is 3. The molecule has 0 aliphatic carbocycles. The largest absolute Gasteiger partial charge is 0.324 e. The van der Waals surface area contributed by atoms with Crippen molar-refractivity contribution < 1.29 is 14.0 Å². The van der Waals surface area contributed by atoms with Crippen molar-refractivity contribution in [3.63, 3.8) is 0 Å². The predicted molar refractivity (Wildman–Crippen MR) is 134 cm³/mol. The molecule has 1 aliphatic heterocycles. The fourth-order valence-corrected chi connectivity index (χ4v) is 4.93. The van der Waals surface area contributed by atoms with Gasteiger partial charge in [0.25, 0.3) is 0 Å². The Morgan fingerprint density at radius 3 is 2.51 bits per heavy atom. The molecule has 1 aromatic heterocycles. The zero-order chi connectivity index (χ0) is 24.4. The van der Waals surface area contributed by atoms with Crippen molar-refractivity contribution in [1.29, 1.82) is 0 Å². The molecule has 0 radical (unpaired) electrons. The summed E-state index contributed by atoms with van der Waals surface area (Å²) < 4.78 is 15.4. The van der Waals surface area contributed by atoms with E-state index in [-0.39, 0.29) is 35.8 Å². The maximum Gasteiger partial charge on any atom is 0.237 e. The maximum atomic E-state index is 13.5. The third-order valence-electron chi connectivity index (χ3n) is 5.70. The smallest absolute Gasteiger partial charge is 0.237 e. The molecule has 2 heterocycles. The fraction of sp³-hybridized carbons (Fsp3) is 0.154. The minimum Gasteiger partial charge on any atom is -0.324 e. The van der Waals surface area contributed by atoms with Gasteiger partial charge in [0.05, 0.1) is 17.1 Å². The first-order valence-corrected chi connectivity index (χ1v) is 12.1. The van der Waals surface area contributed by atoms with Crippen LogP contribution in [0.2, 0.25) is 0 Å². The summed E-state index contributed by atoms with van der Waals surface area (Å²) >= 11 is 1.27. The van der Waals surface area contributed by atoms with E-state index in [4.69, 9.17) is 0 Å². The minimum absolute atomic E-state index is 0.0985. The predicted octanol–water partition coefficient (Wildman–Crippen LogP) is 4.93. The van der Waals surface area contributed by atoms with Crippen LogP contribution in [0, 0.1) is 5.82 Å². The highest BCUT2D eigenvalue weighted by molar-refractivity contribution is 7.99. The van der Waals surface area contributed by atoms with Crippen LogP contribution in [-0.2, 0) is 9.59 Å².